The summed E-state index contributed by atoms with van der Waals surface area (Å²) in [7, 11) is 0. The fourth-order valence-electron chi connectivity index (χ4n) is 4.18. The number of aryl methyl sites for hydroxylation is 2. The van der Waals surface area contributed by atoms with Crippen molar-refractivity contribution in [1.82, 2.24) is 14.3 Å². The summed E-state index contributed by atoms with van der Waals surface area (Å²) in [6, 6.07) is 26.3. The number of nitrogens with one attached hydrogen (secondary N) is 1. The van der Waals surface area contributed by atoms with Gasteiger partial charge in [0, 0.05) is 27.7 Å². The maximum absolute atomic E-state index is 13.2. The van der Waals surface area contributed by atoms with Gasteiger partial charge in [-0.15, -0.1) is 0 Å². The van der Waals surface area contributed by atoms with Crippen molar-refractivity contribution in [3.63, 3.8) is 0 Å². The third-order valence-corrected chi connectivity index (χ3v) is 6.33. The van der Waals surface area contributed by atoms with Gasteiger partial charge in [0.15, 0.2) is 0 Å². The summed E-state index contributed by atoms with van der Waals surface area (Å²) in [5, 5.41) is 9.15. The van der Waals surface area contributed by atoms with Gasteiger partial charge in [-0.1, -0.05) is 66.2 Å². The van der Waals surface area contributed by atoms with E-state index in [4.69, 9.17) is 16.7 Å². The Kier molecular flexibility index (Phi) is 5.97. The number of hydrogen-bond donors (Lipinski definition) is 1. The van der Waals surface area contributed by atoms with Gasteiger partial charge in [0.05, 0.1) is 5.69 Å². The lowest BCUT2D eigenvalue weighted by molar-refractivity contribution is -0.116. The fourth-order valence-corrected chi connectivity index (χ4v) is 4.36. The van der Waals surface area contributed by atoms with Crippen LogP contribution in [0.5, 0.6) is 0 Å². The Labute approximate surface area is 207 Å². The zero-order valence-electron chi connectivity index (χ0n) is 19.3. The largest absolute Gasteiger partial charge is 0.324 e. The van der Waals surface area contributed by atoms with Gasteiger partial charge in [-0.05, 0) is 49.2 Å². The molecule has 174 valence electrons. The van der Waals surface area contributed by atoms with Crippen LogP contribution in [0.4, 0.5) is 5.69 Å². The molecule has 3 aromatic carbocycles. The fraction of sp³-hybridized carbons (Fsp3) is 0.107. The zero-order valence-corrected chi connectivity index (χ0v) is 20.1. The van der Waals surface area contributed by atoms with Gasteiger partial charge in [-0.25, -0.2) is 4.68 Å². The molecule has 0 aliphatic carbocycles. The maximum Gasteiger partial charge on any atom is 0.252 e. The second kappa shape index (κ2) is 9.24. The molecule has 0 radical (unpaired) electrons. The molecule has 35 heavy (non-hydrogen) atoms. The lowest BCUT2D eigenvalue weighted by atomic mass is 10.1. The number of rotatable bonds is 5. The molecular formula is C28H23ClN4O2. The van der Waals surface area contributed by atoms with Crippen molar-refractivity contribution >= 4 is 34.2 Å². The van der Waals surface area contributed by atoms with Crippen molar-refractivity contribution in [1.29, 1.82) is 0 Å². The zero-order chi connectivity index (χ0) is 24.5. The first kappa shape index (κ1) is 22.6. The smallest absolute Gasteiger partial charge is 0.252 e. The summed E-state index contributed by atoms with van der Waals surface area (Å²) in [6.07, 6.45) is 0. The lowest BCUT2D eigenvalue weighted by Crippen LogP contribution is -2.29. The van der Waals surface area contributed by atoms with Crippen molar-refractivity contribution in [3.05, 3.63) is 111 Å². The summed E-state index contributed by atoms with van der Waals surface area (Å²) in [5.41, 5.74) is 5.06. The molecule has 0 fully saturated rings. The van der Waals surface area contributed by atoms with Crippen LogP contribution in [-0.4, -0.2) is 20.3 Å². The third-order valence-electron chi connectivity index (χ3n) is 5.92. The number of fused-ring (bicyclic) bond motifs is 1. The van der Waals surface area contributed by atoms with Gasteiger partial charge >= 0.3 is 0 Å². The monoisotopic (exact) mass is 482 g/mol. The number of para-hydroxylation sites is 1. The molecule has 2 heterocycles. The van der Waals surface area contributed by atoms with Crippen LogP contribution in [0.2, 0.25) is 5.02 Å². The van der Waals surface area contributed by atoms with Crippen LogP contribution in [0, 0.1) is 13.8 Å². The van der Waals surface area contributed by atoms with Crippen LogP contribution in [0.15, 0.2) is 89.7 Å². The highest BCUT2D eigenvalue weighted by molar-refractivity contribution is 6.31. The highest BCUT2D eigenvalue weighted by Crippen LogP contribution is 2.31. The van der Waals surface area contributed by atoms with E-state index in [0.717, 1.165) is 33.5 Å². The summed E-state index contributed by atoms with van der Waals surface area (Å²) >= 11 is 6.21. The summed E-state index contributed by atoms with van der Waals surface area (Å²) in [4.78, 5) is 26.2. The minimum absolute atomic E-state index is 0.173. The second-order valence-corrected chi connectivity index (χ2v) is 8.83. The third kappa shape index (κ3) is 4.36. The predicted octanol–water partition coefficient (Wildman–Crippen LogP) is 5.76. The maximum atomic E-state index is 13.2. The number of carbonyl (C=O) groups excluding carboxylic acids is 1. The number of hydrogen-bond acceptors (Lipinski definition) is 3. The molecule has 6 nitrogen and oxygen atoms in total. The van der Waals surface area contributed by atoms with E-state index in [1.54, 1.807) is 22.9 Å². The van der Waals surface area contributed by atoms with Crippen LogP contribution in [0.1, 0.15) is 11.1 Å². The number of nitrogens with zero attached hydrogens (tertiary/aromatic N) is 3. The highest BCUT2D eigenvalue weighted by Gasteiger charge is 2.21. The first-order valence-electron chi connectivity index (χ1n) is 11.2. The molecule has 0 bridgehead atoms. The predicted molar refractivity (Wildman–Crippen MR) is 140 cm³/mol. The summed E-state index contributed by atoms with van der Waals surface area (Å²) in [5.74, 6) is -0.334. The Morgan fingerprint density at radius 2 is 1.60 bits per heavy atom. The van der Waals surface area contributed by atoms with Crippen LogP contribution >= 0.6 is 11.6 Å². The number of pyridine rings is 1. The lowest BCUT2D eigenvalue weighted by Gasteiger charge is -2.13. The van der Waals surface area contributed by atoms with Crippen molar-refractivity contribution in [3.8, 4) is 16.9 Å². The minimum atomic E-state index is -0.334. The molecule has 0 aliphatic heterocycles. The number of benzene rings is 3. The molecular weight excluding hydrogens is 460 g/mol. The topological polar surface area (TPSA) is 68.9 Å². The Morgan fingerprint density at radius 1 is 0.914 bits per heavy atom. The van der Waals surface area contributed by atoms with Crippen LogP contribution in [0.3, 0.4) is 0 Å². The van der Waals surface area contributed by atoms with Gasteiger partial charge in [-0.3, -0.25) is 14.2 Å². The number of halogens is 1. The van der Waals surface area contributed by atoms with Gasteiger partial charge < -0.3 is 5.32 Å². The number of anilines is 1. The Bertz CT molecular complexity index is 1610. The number of carbonyl (C=O) groups is 1. The Hall–Kier alpha value is -4.16. The molecule has 2 aromatic heterocycles. The van der Waals surface area contributed by atoms with E-state index in [9.17, 15) is 9.59 Å². The highest BCUT2D eigenvalue weighted by atomic mass is 35.5. The molecule has 0 saturated heterocycles. The molecule has 0 saturated carbocycles. The standard InChI is InChI=1S/C28H23ClN4O2/c1-18-13-14-21(16-23(18)29)30-24(34)17-32-25(35)15-19(2)26-27(20-9-5-3-6-10-20)31-33(28(26)32)22-11-7-4-8-12-22/h3-16H,17H2,1-2H3,(H,30,34). The molecule has 0 spiro atoms. The SMILES string of the molecule is Cc1ccc(NC(=O)Cn2c(=O)cc(C)c3c(-c4ccccc4)nn(-c4ccccc4)c32)cc1Cl. The average molecular weight is 483 g/mol. The first-order valence-corrected chi connectivity index (χ1v) is 11.6. The van der Waals surface area contributed by atoms with Gasteiger partial charge in [0.1, 0.15) is 17.9 Å². The molecule has 1 amide bonds. The number of amides is 1. The van der Waals surface area contributed by atoms with Crippen molar-refractivity contribution in [2.24, 2.45) is 0 Å². The van der Waals surface area contributed by atoms with E-state index in [1.165, 1.54) is 4.57 Å². The summed E-state index contributed by atoms with van der Waals surface area (Å²) in [6.45, 7) is 3.62. The van der Waals surface area contributed by atoms with Gasteiger partial charge in [-0.2, -0.15) is 5.10 Å². The van der Waals surface area contributed by atoms with E-state index in [0.29, 0.717) is 16.4 Å². The van der Waals surface area contributed by atoms with E-state index in [-0.39, 0.29) is 18.0 Å². The van der Waals surface area contributed by atoms with Crippen molar-refractivity contribution in [2.45, 2.75) is 20.4 Å². The van der Waals surface area contributed by atoms with Gasteiger partial charge in [0.25, 0.3) is 5.56 Å². The normalized spacial score (nSPS) is 11.1. The van der Waals surface area contributed by atoms with Crippen molar-refractivity contribution < 1.29 is 4.79 Å². The average Bonchev–Trinajstić information content (AvgIpc) is 3.26. The molecule has 5 aromatic rings. The van der Waals surface area contributed by atoms with Crippen LogP contribution in [-0.2, 0) is 11.3 Å². The quantitative estimate of drug-likeness (QED) is 0.346. The molecule has 0 unspecified atom stereocenters. The molecule has 1 N–H and O–H groups in total. The Morgan fingerprint density at radius 3 is 2.29 bits per heavy atom. The van der Waals surface area contributed by atoms with E-state index >= 15 is 0 Å². The molecule has 0 aliphatic rings. The molecule has 0 atom stereocenters. The van der Waals surface area contributed by atoms with E-state index in [1.807, 2.05) is 80.6 Å². The molecule has 5 rings (SSSR count). The van der Waals surface area contributed by atoms with Crippen LogP contribution in [0.25, 0.3) is 28.0 Å². The second-order valence-electron chi connectivity index (χ2n) is 8.42. The number of aromatic nitrogens is 3. The first-order chi connectivity index (χ1) is 16.9. The summed E-state index contributed by atoms with van der Waals surface area (Å²) < 4.78 is 3.21. The van der Waals surface area contributed by atoms with Crippen molar-refractivity contribution in [2.75, 3.05) is 5.32 Å². The van der Waals surface area contributed by atoms with Gasteiger partial charge in [0.2, 0.25) is 5.91 Å². The Balaban J connectivity index is 1.67. The minimum Gasteiger partial charge on any atom is -0.324 e. The van der Waals surface area contributed by atoms with E-state index in [2.05, 4.69) is 5.32 Å². The molecule has 7 heteroatoms. The van der Waals surface area contributed by atoms with Crippen LogP contribution < -0.4 is 10.9 Å². The van der Waals surface area contributed by atoms with E-state index < -0.39 is 0 Å².